The van der Waals surface area contributed by atoms with E-state index in [9.17, 15) is 9.59 Å². The Labute approximate surface area is 193 Å². The molecule has 9 nitrogen and oxygen atoms in total. The number of pyridine rings is 1. The van der Waals surface area contributed by atoms with E-state index in [1.807, 2.05) is 26.8 Å². The van der Waals surface area contributed by atoms with Crippen molar-refractivity contribution in [3.63, 3.8) is 0 Å². The quantitative estimate of drug-likeness (QED) is 0.436. The van der Waals surface area contributed by atoms with Gasteiger partial charge in [-0.1, -0.05) is 19.1 Å². The minimum atomic E-state index is -0.332. The normalized spacial score (nSPS) is 12.7. The van der Waals surface area contributed by atoms with E-state index in [-0.39, 0.29) is 23.9 Å². The molecular weight excluding hydrogens is 420 g/mol. The molecule has 0 bridgehead atoms. The fourth-order valence-corrected chi connectivity index (χ4v) is 3.56. The van der Waals surface area contributed by atoms with Gasteiger partial charge in [0.05, 0.1) is 12.9 Å². The summed E-state index contributed by atoms with van der Waals surface area (Å²) in [5, 5.41) is 18.6. The second kappa shape index (κ2) is 10.7. The van der Waals surface area contributed by atoms with Crippen LogP contribution in [-0.4, -0.2) is 58.2 Å². The molecule has 1 aromatic heterocycles. The highest BCUT2D eigenvalue weighted by atomic mass is 16.6. The summed E-state index contributed by atoms with van der Waals surface area (Å²) in [7, 11) is 0. The van der Waals surface area contributed by atoms with Crippen molar-refractivity contribution >= 4 is 30.0 Å². The summed E-state index contributed by atoms with van der Waals surface area (Å²) >= 11 is 0. The van der Waals surface area contributed by atoms with Crippen LogP contribution < -0.4 is 5.32 Å². The van der Waals surface area contributed by atoms with Gasteiger partial charge in [0.2, 0.25) is 0 Å². The third-order valence-corrected chi connectivity index (χ3v) is 5.36. The highest BCUT2D eigenvalue weighted by Crippen LogP contribution is 2.22. The average molecular weight is 451 g/mol. The monoisotopic (exact) mass is 450 g/mol. The zero-order chi connectivity index (χ0) is 24.0. The molecule has 0 aliphatic carbocycles. The van der Waals surface area contributed by atoms with Crippen molar-refractivity contribution in [2.45, 2.75) is 46.2 Å². The number of benzene rings is 1. The van der Waals surface area contributed by atoms with Crippen molar-refractivity contribution < 1.29 is 14.3 Å². The molecular formula is C24H30N6O3. The number of hydrogen-bond donors (Lipinski definition) is 3. The maximum Gasteiger partial charge on any atom is 0.410 e. The maximum absolute atomic E-state index is 12.9. The number of fused-ring (bicyclic) bond motifs is 1. The molecule has 1 aromatic carbocycles. The molecule has 0 saturated carbocycles. The molecule has 9 heteroatoms. The fraction of sp³-hybridized carbons (Fsp3) is 0.375. The lowest BCUT2D eigenvalue weighted by molar-refractivity contribution is 0.0979. The van der Waals surface area contributed by atoms with Crippen molar-refractivity contribution in [1.82, 2.24) is 14.8 Å². The molecule has 3 rings (SSSR count). The average Bonchev–Trinajstić information content (AvgIpc) is 2.82. The van der Waals surface area contributed by atoms with Gasteiger partial charge in [0.15, 0.2) is 5.84 Å². The number of aromatic nitrogens is 1. The van der Waals surface area contributed by atoms with Gasteiger partial charge in [-0.15, -0.1) is 0 Å². The number of carbonyl (C=O) groups excluding carboxylic acids is 2. The molecule has 0 radical (unpaired) electrons. The van der Waals surface area contributed by atoms with Gasteiger partial charge in [0, 0.05) is 24.7 Å². The van der Waals surface area contributed by atoms with E-state index in [0.717, 1.165) is 23.9 Å². The summed E-state index contributed by atoms with van der Waals surface area (Å²) in [6.07, 6.45) is 2.24. The van der Waals surface area contributed by atoms with Gasteiger partial charge in [-0.3, -0.25) is 15.6 Å². The molecule has 2 amide bonds. The van der Waals surface area contributed by atoms with Gasteiger partial charge in [0.25, 0.3) is 5.91 Å². The lowest BCUT2D eigenvalue weighted by Gasteiger charge is -2.28. The van der Waals surface area contributed by atoms with Crippen LogP contribution in [-0.2, 0) is 17.7 Å². The molecule has 174 valence electrons. The molecule has 0 saturated heterocycles. The van der Waals surface area contributed by atoms with Gasteiger partial charge in [0.1, 0.15) is 11.5 Å². The van der Waals surface area contributed by atoms with E-state index in [2.05, 4.69) is 10.3 Å². The van der Waals surface area contributed by atoms with Crippen LogP contribution in [0.5, 0.6) is 0 Å². The van der Waals surface area contributed by atoms with E-state index >= 15 is 0 Å². The first-order valence-electron chi connectivity index (χ1n) is 11.0. The third kappa shape index (κ3) is 5.74. The maximum atomic E-state index is 12.9. The van der Waals surface area contributed by atoms with Crippen molar-refractivity contribution in [2.75, 3.05) is 18.5 Å². The molecule has 0 spiro atoms. The van der Waals surface area contributed by atoms with Crippen LogP contribution >= 0.6 is 0 Å². The second-order valence-electron chi connectivity index (χ2n) is 8.11. The molecule has 0 unspecified atom stereocenters. The highest BCUT2D eigenvalue weighted by molar-refractivity contribution is 6.05. The summed E-state index contributed by atoms with van der Waals surface area (Å²) < 4.78 is 5.24. The Hall–Kier alpha value is -3.75. The van der Waals surface area contributed by atoms with Gasteiger partial charge in [-0.2, -0.15) is 0 Å². The predicted molar refractivity (Wildman–Crippen MR) is 127 cm³/mol. The lowest BCUT2D eigenvalue weighted by Crippen LogP contribution is -2.36. The van der Waals surface area contributed by atoms with E-state index < -0.39 is 0 Å². The zero-order valence-corrected chi connectivity index (χ0v) is 19.2. The van der Waals surface area contributed by atoms with Gasteiger partial charge in [-0.25, -0.2) is 9.78 Å². The number of amidine groups is 1. The van der Waals surface area contributed by atoms with Crippen molar-refractivity contribution in [2.24, 2.45) is 0 Å². The van der Waals surface area contributed by atoms with Crippen LogP contribution in [0.2, 0.25) is 0 Å². The molecule has 1 aliphatic rings. The van der Waals surface area contributed by atoms with Crippen molar-refractivity contribution in [3.05, 3.63) is 58.8 Å². The summed E-state index contributed by atoms with van der Waals surface area (Å²) in [4.78, 5) is 32.6. The Morgan fingerprint density at radius 2 is 2.06 bits per heavy atom. The Kier molecular flexibility index (Phi) is 7.76. The number of carbonyl (C=O) groups is 2. The smallest absolute Gasteiger partial charge is 0.410 e. The van der Waals surface area contributed by atoms with Crippen LogP contribution in [0.25, 0.3) is 0 Å². The number of nitrogens with one attached hydrogen (secondary N) is 3. The fourth-order valence-electron chi connectivity index (χ4n) is 3.56. The summed E-state index contributed by atoms with van der Waals surface area (Å²) in [6, 6.07) is 10.4. The van der Waals surface area contributed by atoms with Crippen molar-refractivity contribution in [1.29, 1.82) is 10.8 Å². The molecule has 0 atom stereocenters. The number of ether oxygens (including phenoxy) is 1. The number of anilines is 1. The number of nitrogens with zero attached hydrogens (tertiary/aromatic N) is 3. The van der Waals surface area contributed by atoms with E-state index in [1.165, 1.54) is 4.90 Å². The first-order chi connectivity index (χ1) is 15.8. The lowest BCUT2D eigenvalue weighted by atomic mass is 9.97. The number of hydrogen-bond acceptors (Lipinski definition) is 6. The number of amides is 2. The van der Waals surface area contributed by atoms with Crippen LogP contribution in [0.3, 0.4) is 0 Å². The van der Waals surface area contributed by atoms with Crippen LogP contribution in [0.1, 0.15) is 54.4 Å². The molecule has 1 aliphatic heterocycles. The van der Waals surface area contributed by atoms with Gasteiger partial charge < -0.3 is 19.9 Å². The largest absolute Gasteiger partial charge is 0.449 e. The second-order valence-corrected chi connectivity index (χ2v) is 8.11. The SMILES string of the molecule is CCCOC(=O)N1CCc2ccc(C(=O)Nc3cccc(C(=N)N(C=N)C(C)C)n3)cc2C1. The van der Waals surface area contributed by atoms with Crippen LogP contribution in [0, 0.1) is 10.8 Å². The van der Waals surface area contributed by atoms with Gasteiger partial charge >= 0.3 is 6.09 Å². The highest BCUT2D eigenvalue weighted by Gasteiger charge is 2.23. The molecule has 2 heterocycles. The minimum absolute atomic E-state index is 0.0654. The molecule has 3 N–H and O–H groups in total. The molecule has 0 fully saturated rings. The summed E-state index contributed by atoms with van der Waals surface area (Å²) in [5.74, 6) is 0.0748. The topological polar surface area (TPSA) is 122 Å². The molecule has 2 aromatic rings. The third-order valence-electron chi connectivity index (χ3n) is 5.36. The van der Waals surface area contributed by atoms with Crippen LogP contribution in [0.4, 0.5) is 10.6 Å². The predicted octanol–water partition coefficient (Wildman–Crippen LogP) is 3.88. The standard InChI is InChI=1S/C24H30N6O3/c1-4-12-33-24(32)29-11-10-17-8-9-18(13-19(17)14-29)23(31)28-21-7-5-6-20(27-21)22(26)30(15-25)16(2)3/h5-9,13,15-16,25-26H,4,10-12,14H2,1-3H3,(H,27,28,31). The Morgan fingerprint density at radius 1 is 1.27 bits per heavy atom. The van der Waals surface area contributed by atoms with E-state index in [0.29, 0.717) is 43.2 Å². The van der Waals surface area contributed by atoms with Gasteiger partial charge in [-0.05, 0) is 62.1 Å². The van der Waals surface area contributed by atoms with E-state index in [4.69, 9.17) is 15.6 Å². The minimum Gasteiger partial charge on any atom is -0.449 e. The zero-order valence-electron chi connectivity index (χ0n) is 19.2. The first-order valence-corrected chi connectivity index (χ1v) is 11.0. The molecule has 33 heavy (non-hydrogen) atoms. The Balaban J connectivity index is 1.72. The summed E-state index contributed by atoms with van der Waals surface area (Å²) in [5.41, 5.74) is 2.85. The Bertz CT molecular complexity index is 1050. The van der Waals surface area contributed by atoms with Crippen LogP contribution in [0.15, 0.2) is 36.4 Å². The van der Waals surface area contributed by atoms with Crippen molar-refractivity contribution in [3.8, 4) is 0 Å². The summed E-state index contributed by atoms with van der Waals surface area (Å²) in [6.45, 7) is 7.09. The Morgan fingerprint density at radius 3 is 2.76 bits per heavy atom. The number of rotatable bonds is 7. The van der Waals surface area contributed by atoms with E-state index in [1.54, 1.807) is 35.2 Å². The first kappa shape index (κ1) is 23.9.